The van der Waals surface area contributed by atoms with E-state index in [0.717, 1.165) is 41.2 Å². The first-order valence-electron chi connectivity index (χ1n) is 7.96. The van der Waals surface area contributed by atoms with Gasteiger partial charge in [0, 0.05) is 54.0 Å². The highest BCUT2D eigenvalue weighted by molar-refractivity contribution is 6.30. The van der Waals surface area contributed by atoms with Crippen molar-refractivity contribution in [1.82, 2.24) is 14.9 Å². The van der Waals surface area contributed by atoms with E-state index in [1.165, 1.54) is 5.56 Å². The molecule has 2 heterocycles. The lowest BCUT2D eigenvalue weighted by Gasteiger charge is -2.26. The van der Waals surface area contributed by atoms with Gasteiger partial charge in [0.15, 0.2) is 0 Å². The molecule has 0 aliphatic heterocycles. The first-order chi connectivity index (χ1) is 11.6. The van der Waals surface area contributed by atoms with Crippen LogP contribution in [0.4, 0.5) is 5.82 Å². The molecule has 1 aromatic carbocycles. The standard InChI is InChI=1S/C19H21ClN4/c1-23(2)10-11-24(14-15-4-3-5-17(20)12-15)19-18-7-8-21-13-16(18)6-9-22-19/h3-9,12-13H,10-11,14H2,1-2H3. The first-order valence-corrected chi connectivity index (χ1v) is 8.34. The van der Waals surface area contributed by atoms with E-state index in [9.17, 15) is 0 Å². The summed E-state index contributed by atoms with van der Waals surface area (Å²) in [6.45, 7) is 2.60. The molecule has 0 saturated heterocycles. The average Bonchev–Trinajstić information content (AvgIpc) is 2.58. The summed E-state index contributed by atoms with van der Waals surface area (Å²) in [5.74, 6) is 0.983. The number of anilines is 1. The van der Waals surface area contributed by atoms with Crippen molar-refractivity contribution in [3.05, 3.63) is 65.6 Å². The molecule has 0 atom stereocenters. The number of rotatable bonds is 6. The third-order valence-electron chi connectivity index (χ3n) is 3.92. The molecule has 0 saturated carbocycles. The predicted molar refractivity (Wildman–Crippen MR) is 101 cm³/mol. The Labute approximate surface area is 147 Å². The maximum absolute atomic E-state index is 6.15. The lowest BCUT2D eigenvalue weighted by molar-refractivity contribution is 0.412. The Morgan fingerprint density at radius 3 is 2.71 bits per heavy atom. The molecule has 0 bridgehead atoms. The molecule has 2 aromatic heterocycles. The van der Waals surface area contributed by atoms with Crippen molar-refractivity contribution in [3.8, 4) is 0 Å². The molecular weight excluding hydrogens is 320 g/mol. The van der Waals surface area contributed by atoms with Crippen LogP contribution in [-0.4, -0.2) is 42.1 Å². The van der Waals surface area contributed by atoms with E-state index in [1.807, 2.05) is 48.9 Å². The Kier molecular flexibility index (Phi) is 5.28. The normalized spacial score (nSPS) is 11.2. The fourth-order valence-electron chi connectivity index (χ4n) is 2.69. The zero-order valence-corrected chi connectivity index (χ0v) is 14.7. The Morgan fingerprint density at radius 2 is 1.92 bits per heavy atom. The van der Waals surface area contributed by atoms with Gasteiger partial charge in [0.1, 0.15) is 5.82 Å². The summed E-state index contributed by atoms with van der Waals surface area (Å²) in [6.07, 6.45) is 5.54. The van der Waals surface area contributed by atoms with Gasteiger partial charge in [-0.25, -0.2) is 4.98 Å². The second kappa shape index (κ2) is 7.60. The summed E-state index contributed by atoms with van der Waals surface area (Å²) in [4.78, 5) is 13.3. The highest BCUT2D eigenvalue weighted by Gasteiger charge is 2.13. The topological polar surface area (TPSA) is 32.3 Å². The molecule has 4 nitrogen and oxygen atoms in total. The molecule has 0 aliphatic carbocycles. The summed E-state index contributed by atoms with van der Waals surface area (Å²) in [7, 11) is 4.16. The van der Waals surface area contributed by atoms with E-state index >= 15 is 0 Å². The Morgan fingerprint density at radius 1 is 1.04 bits per heavy atom. The van der Waals surface area contributed by atoms with Crippen molar-refractivity contribution in [2.24, 2.45) is 0 Å². The molecule has 0 spiro atoms. The zero-order valence-electron chi connectivity index (χ0n) is 14.0. The van der Waals surface area contributed by atoms with E-state index in [0.29, 0.717) is 0 Å². The molecule has 24 heavy (non-hydrogen) atoms. The van der Waals surface area contributed by atoms with Crippen molar-refractivity contribution < 1.29 is 0 Å². The third kappa shape index (κ3) is 4.02. The Bertz CT molecular complexity index is 814. The van der Waals surface area contributed by atoms with Gasteiger partial charge in [0.25, 0.3) is 0 Å². The van der Waals surface area contributed by atoms with Crippen LogP contribution in [0.15, 0.2) is 55.0 Å². The molecular formula is C19H21ClN4. The number of fused-ring (bicyclic) bond motifs is 1. The molecule has 0 amide bonds. The maximum Gasteiger partial charge on any atom is 0.136 e. The van der Waals surface area contributed by atoms with E-state index in [4.69, 9.17) is 11.6 Å². The van der Waals surface area contributed by atoms with Gasteiger partial charge in [-0.1, -0.05) is 23.7 Å². The number of nitrogens with zero attached hydrogens (tertiary/aromatic N) is 4. The van der Waals surface area contributed by atoms with Crippen LogP contribution in [0.25, 0.3) is 10.8 Å². The van der Waals surface area contributed by atoms with Crippen LogP contribution in [0.1, 0.15) is 5.56 Å². The zero-order chi connectivity index (χ0) is 16.9. The molecule has 0 unspecified atom stereocenters. The smallest absolute Gasteiger partial charge is 0.136 e. The van der Waals surface area contributed by atoms with Gasteiger partial charge < -0.3 is 9.80 Å². The van der Waals surface area contributed by atoms with Crippen LogP contribution in [-0.2, 0) is 6.54 Å². The molecule has 0 aliphatic rings. The molecule has 0 fully saturated rings. The van der Waals surface area contributed by atoms with Crippen molar-refractivity contribution in [3.63, 3.8) is 0 Å². The van der Waals surface area contributed by atoms with Crippen molar-refractivity contribution in [2.45, 2.75) is 6.54 Å². The lowest BCUT2D eigenvalue weighted by atomic mass is 10.1. The van der Waals surface area contributed by atoms with E-state index in [-0.39, 0.29) is 0 Å². The number of benzene rings is 1. The van der Waals surface area contributed by atoms with Gasteiger partial charge in [0.2, 0.25) is 0 Å². The number of hydrogen-bond donors (Lipinski definition) is 0. The van der Waals surface area contributed by atoms with Crippen molar-refractivity contribution in [1.29, 1.82) is 0 Å². The van der Waals surface area contributed by atoms with E-state index in [1.54, 1.807) is 0 Å². The highest BCUT2D eigenvalue weighted by atomic mass is 35.5. The van der Waals surface area contributed by atoms with Gasteiger partial charge in [-0.3, -0.25) is 4.98 Å². The van der Waals surface area contributed by atoms with E-state index < -0.39 is 0 Å². The Hall–Kier alpha value is -2.17. The number of halogens is 1. The molecule has 0 radical (unpaired) electrons. The lowest BCUT2D eigenvalue weighted by Crippen LogP contribution is -2.32. The van der Waals surface area contributed by atoms with Gasteiger partial charge in [-0.15, -0.1) is 0 Å². The minimum Gasteiger partial charge on any atom is -0.350 e. The predicted octanol–water partition coefficient (Wildman–Crippen LogP) is 3.85. The summed E-state index contributed by atoms with van der Waals surface area (Å²) < 4.78 is 0. The van der Waals surface area contributed by atoms with Gasteiger partial charge in [-0.2, -0.15) is 0 Å². The summed E-state index contributed by atoms with van der Waals surface area (Å²) in [6, 6.07) is 12.0. The minimum atomic E-state index is 0.759. The molecule has 3 aromatic rings. The maximum atomic E-state index is 6.15. The minimum absolute atomic E-state index is 0.759. The van der Waals surface area contributed by atoms with Crippen LogP contribution in [0.3, 0.4) is 0 Å². The second-order valence-electron chi connectivity index (χ2n) is 6.09. The van der Waals surface area contributed by atoms with Gasteiger partial charge in [-0.05, 0) is 43.9 Å². The summed E-state index contributed by atoms with van der Waals surface area (Å²) >= 11 is 6.15. The average molecular weight is 341 g/mol. The van der Waals surface area contributed by atoms with Crippen LogP contribution in [0.5, 0.6) is 0 Å². The van der Waals surface area contributed by atoms with Gasteiger partial charge >= 0.3 is 0 Å². The van der Waals surface area contributed by atoms with Crippen LogP contribution < -0.4 is 4.90 Å². The monoisotopic (exact) mass is 340 g/mol. The van der Waals surface area contributed by atoms with E-state index in [2.05, 4.69) is 39.9 Å². The molecule has 3 rings (SSSR count). The van der Waals surface area contributed by atoms with Crippen molar-refractivity contribution in [2.75, 3.05) is 32.1 Å². The van der Waals surface area contributed by atoms with Crippen LogP contribution in [0.2, 0.25) is 5.02 Å². The van der Waals surface area contributed by atoms with Crippen LogP contribution >= 0.6 is 11.6 Å². The fraction of sp³-hybridized carbons (Fsp3) is 0.263. The Balaban J connectivity index is 1.96. The largest absolute Gasteiger partial charge is 0.350 e. The van der Waals surface area contributed by atoms with Crippen LogP contribution in [0, 0.1) is 0 Å². The molecule has 0 N–H and O–H groups in total. The van der Waals surface area contributed by atoms with Crippen molar-refractivity contribution >= 4 is 28.2 Å². The summed E-state index contributed by atoms with van der Waals surface area (Å²) in [5.41, 5.74) is 1.18. The highest BCUT2D eigenvalue weighted by Crippen LogP contribution is 2.25. The quantitative estimate of drug-likeness (QED) is 0.682. The number of aromatic nitrogens is 2. The van der Waals surface area contributed by atoms with Gasteiger partial charge in [0.05, 0.1) is 0 Å². The second-order valence-corrected chi connectivity index (χ2v) is 6.52. The number of hydrogen-bond acceptors (Lipinski definition) is 4. The third-order valence-corrected chi connectivity index (χ3v) is 4.16. The summed E-state index contributed by atoms with van der Waals surface area (Å²) in [5, 5.41) is 2.98. The molecule has 124 valence electrons. The fourth-order valence-corrected chi connectivity index (χ4v) is 2.90. The number of likely N-dealkylation sites (N-methyl/N-ethyl adjacent to an activating group) is 1. The SMILES string of the molecule is CN(C)CCN(Cc1cccc(Cl)c1)c1nccc2cnccc12. The molecule has 5 heteroatoms. The number of pyridine rings is 2. The first kappa shape index (κ1) is 16.7.